The van der Waals surface area contributed by atoms with Crippen molar-refractivity contribution in [1.82, 2.24) is 0 Å². The van der Waals surface area contributed by atoms with E-state index in [1.54, 1.807) is 12.1 Å². The lowest BCUT2D eigenvalue weighted by atomic mass is 10.0. The average molecular weight is 212 g/mol. The van der Waals surface area contributed by atoms with Crippen molar-refractivity contribution in [3.63, 3.8) is 0 Å². The second-order valence-electron chi connectivity index (χ2n) is 3.56. The normalized spacial score (nSPS) is 11.8. The maximum atomic E-state index is 10.5. The maximum Gasteiger partial charge on any atom is 0.190 e. The summed E-state index contributed by atoms with van der Waals surface area (Å²) in [6.45, 7) is 0. The fourth-order valence-corrected chi connectivity index (χ4v) is 1.70. The molecule has 0 unspecified atom stereocenters. The second-order valence-corrected chi connectivity index (χ2v) is 3.56. The van der Waals surface area contributed by atoms with E-state index in [1.807, 2.05) is 30.3 Å². The van der Waals surface area contributed by atoms with E-state index in [2.05, 4.69) is 0 Å². The van der Waals surface area contributed by atoms with Crippen LogP contribution in [0.1, 0.15) is 10.4 Å². The second kappa shape index (κ2) is 3.38. The van der Waals surface area contributed by atoms with E-state index in [4.69, 9.17) is 9.78 Å². The monoisotopic (exact) mass is 212 g/mol. The molecular formula is C13H8O3. The zero-order valence-electron chi connectivity index (χ0n) is 8.34. The molecule has 0 aliphatic carbocycles. The van der Waals surface area contributed by atoms with Gasteiger partial charge in [0, 0.05) is 17.2 Å². The van der Waals surface area contributed by atoms with Gasteiger partial charge in [0.2, 0.25) is 0 Å². The minimum absolute atomic E-state index is 0.661. The minimum Gasteiger partial charge on any atom is -0.298 e. The largest absolute Gasteiger partial charge is 0.298 e. The maximum absolute atomic E-state index is 10.5. The third kappa shape index (κ3) is 1.34. The van der Waals surface area contributed by atoms with Gasteiger partial charge >= 0.3 is 0 Å². The first-order valence-electron chi connectivity index (χ1n) is 4.91. The molecule has 0 atom stereocenters. The number of carbonyl (C=O) groups is 1. The first-order valence-corrected chi connectivity index (χ1v) is 4.91. The number of aldehydes is 1. The van der Waals surface area contributed by atoms with Crippen LogP contribution < -0.4 is 9.78 Å². The van der Waals surface area contributed by atoms with Crippen LogP contribution in [0.5, 0.6) is 11.5 Å². The molecule has 1 aliphatic heterocycles. The van der Waals surface area contributed by atoms with Crippen LogP contribution >= 0.6 is 0 Å². The van der Waals surface area contributed by atoms with Crippen LogP contribution in [0.25, 0.3) is 11.1 Å². The summed E-state index contributed by atoms with van der Waals surface area (Å²) in [5.74, 6) is 1.42. The summed E-state index contributed by atoms with van der Waals surface area (Å²) in [5, 5.41) is 0. The molecule has 0 amide bonds. The van der Waals surface area contributed by atoms with Crippen LogP contribution in [-0.4, -0.2) is 6.29 Å². The van der Waals surface area contributed by atoms with Gasteiger partial charge in [0.25, 0.3) is 0 Å². The molecule has 0 fully saturated rings. The van der Waals surface area contributed by atoms with E-state index in [9.17, 15) is 4.79 Å². The fraction of sp³-hybridized carbons (Fsp3) is 0. The van der Waals surface area contributed by atoms with E-state index >= 15 is 0 Å². The third-order valence-electron chi connectivity index (χ3n) is 2.54. The summed E-state index contributed by atoms with van der Waals surface area (Å²) >= 11 is 0. The molecule has 0 spiro atoms. The minimum atomic E-state index is 0.661. The molecule has 0 saturated carbocycles. The number of hydrogen-bond donors (Lipinski definition) is 0. The van der Waals surface area contributed by atoms with Crippen LogP contribution in [0.15, 0.2) is 42.5 Å². The van der Waals surface area contributed by atoms with Gasteiger partial charge < -0.3 is 0 Å². The molecule has 0 N–H and O–H groups in total. The number of carbonyl (C=O) groups excluding carboxylic acids is 1. The summed E-state index contributed by atoms with van der Waals surface area (Å²) < 4.78 is 0. The van der Waals surface area contributed by atoms with Gasteiger partial charge in [0.1, 0.15) is 6.29 Å². The molecule has 0 radical (unpaired) electrons. The zero-order valence-corrected chi connectivity index (χ0v) is 8.34. The highest BCUT2D eigenvalue weighted by Crippen LogP contribution is 2.37. The lowest BCUT2D eigenvalue weighted by Crippen LogP contribution is -1.91. The van der Waals surface area contributed by atoms with Crippen LogP contribution in [0.4, 0.5) is 0 Å². The van der Waals surface area contributed by atoms with Gasteiger partial charge in [-0.2, -0.15) is 0 Å². The van der Waals surface area contributed by atoms with Crippen LogP contribution in [0.3, 0.4) is 0 Å². The molecular weight excluding hydrogens is 204 g/mol. The van der Waals surface area contributed by atoms with Crippen LogP contribution in [0.2, 0.25) is 0 Å². The highest BCUT2D eigenvalue weighted by atomic mass is 17.2. The molecule has 16 heavy (non-hydrogen) atoms. The van der Waals surface area contributed by atoms with Gasteiger partial charge in [-0.05, 0) is 17.7 Å². The van der Waals surface area contributed by atoms with E-state index in [0.717, 1.165) is 17.4 Å². The lowest BCUT2D eigenvalue weighted by Gasteiger charge is -2.02. The number of rotatable bonds is 2. The fourth-order valence-electron chi connectivity index (χ4n) is 1.70. The Kier molecular flexibility index (Phi) is 1.90. The van der Waals surface area contributed by atoms with Crippen molar-refractivity contribution >= 4 is 6.29 Å². The Morgan fingerprint density at radius 2 is 1.75 bits per heavy atom. The third-order valence-corrected chi connectivity index (χ3v) is 2.54. The Morgan fingerprint density at radius 1 is 0.938 bits per heavy atom. The predicted molar refractivity (Wildman–Crippen MR) is 58.5 cm³/mol. The Labute approximate surface area is 92.2 Å². The van der Waals surface area contributed by atoms with E-state index < -0.39 is 0 Å². The molecule has 3 rings (SSSR count). The lowest BCUT2D eigenvalue weighted by molar-refractivity contribution is -0.0842. The van der Waals surface area contributed by atoms with E-state index in [0.29, 0.717) is 17.1 Å². The summed E-state index contributed by atoms with van der Waals surface area (Å²) in [5.41, 5.74) is 2.62. The summed E-state index contributed by atoms with van der Waals surface area (Å²) in [6, 6.07) is 12.9. The number of hydrogen-bond acceptors (Lipinski definition) is 3. The van der Waals surface area contributed by atoms with Crippen LogP contribution in [0, 0.1) is 0 Å². The molecule has 1 aliphatic rings. The molecule has 2 aromatic rings. The van der Waals surface area contributed by atoms with Gasteiger partial charge in [-0.25, -0.2) is 0 Å². The van der Waals surface area contributed by atoms with Crippen molar-refractivity contribution in [2.24, 2.45) is 0 Å². The van der Waals surface area contributed by atoms with Crippen molar-refractivity contribution in [1.29, 1.82) is 0 Å². The Balaban J connectivity index is 2.06. The van der Waals surface area contributed by atoms with Crippen molar-refractivity contribution in [2.75, 3.05) is 0 Å². The molecule has 3 heteroatoms. The van der Waals surface area contributed by atoms with Gasteiger partial charge in [-0.3, -0.25) is 14.6 Å². The molecule has 2 bridgehead atoms. The Bertz CT molecular complexity index is 544. The predicted octanol–water partition coefficient (Wildman–Crippen LogP) is 2.85. The van der Waals surface area contributed by atoms with Gasteiger partial charge in [-0.1, -0.05) is 24.3 Å². The van der Waals surface area contributed by atoms with E-state index in [1.165, 1.54) is 0 Å². The molecule has 2 aromatic carbocycles. The molecule has 0 aromatic heterocycles. The smallest absolute Gasteiger partial charge is 0.190 e. The van der Waals surface area contributed by atoms with Crippen molar-refractivity contribution < 1.29 is 14.6 Å². The Hall–Kier alpha value is -2.29. The first-order chi connectivity index (χ1) is 7.86. The Morgan fingerprint density at radius 3 is 2.50 bits per heavy atom. The quantitative estimate of drug-likeness (QED) is 0.567. The number of benzene rings is 2. The highest BCUT2D eigenvalue weighted by molar-refractivity contribution is 5.78. The SMILES string of the molecule is O=Cc1ccc(-c2ccc3cc2OO3)cc1. The summed E-state index contributed by atoms with van der Waals surface area (Å²) in [7, 11) is 0. The summed E-state index contributed by atoms with van der Waals surface area (Å²) in [4.78, 5) is 20.5. The molecule has 3 nitrogen and oxygen atoms in total. The topological polar surface area (TPSA) is 35.5 Å². The van der Waals surface area contributed by atoms with Gasteiger partial charge in [0.05, 0.1) is 0 Å². The molecule has 0 saturated heterocycles. The van der Waals surface area contributed by atoms with Crippen molar-refractivity contribution in [3.05, 3.63) is 48.0 Å². The number of fused-ring (bicyclic) bond motifs is 2. The standard InChI is InChI=1S/C13H8O3/c14-8-9-1-3-10(4-2-9)12-6-5-11-7-13(12)16-15-11/h1-8H. The van der Waals surface area contributed by atoms with Crippen molar-refractivity contribution in [2.45, 2.75) is 0 Å². The summed E-state index contributed by atoms with van der Waals surface area (Å²) in [6.07, 6.45) is 0.825. The van der Waals surface area contributed by atoms with Crippen molar-refractivity contribution in [3.8, 4) is 22.6 Å². The van der Waals surface area contributed by atoms with Gasteiger partial charge in [0.15, 0.2) is 11.5 Å². The van der Waals surface area contributed by atoms with E-state index in [-0.39, 0.29) is 0 Å². The molecule has 78 valence electrons. The molecule has 1 heterocycles. The zero-order chi connectivity index (χ0) is 11.0. The highest BCUT2D eigenvalue weighted by Gasteiger charge is 2.15. The average Bonchev–Trinajstić information content (AvgIpc) is 2.72. The van der Waals surface area contributed by atoms with Crippen LogP contribution in [-0.2, 0) is 0 Å². The van der Waals surface area contributed by atoms with Gasteiger partial charge in [-0.15, -0.1) is 0 Å². The first kappa shape index (κ1) is 8.97.